The fourth-order valence-electron chi connectivity index (χ4n) is 2.61. The predicted octanol–water partition coefficient (Wildman–Crippen LogP) is 1.43. The van der Waals surface area contributed by atoms with E-state index in [0.29, 0.717) is 5.92 Å². The van der Waals surface area contributed by atoms with Crippen molar-refractivity contribution in [2.45, 2.75) is 39.0 Å². The summed E-state index contributed by atoms with van der Waals surface area (Å²) in [7, 11) is 1.73. The number of nitrogens with two attached hydrogens (primary N) is 1. The molecule has 18 heavy (non-hydrogen) atoms. The minimum Gasteiger partial charge on any atom is -0.385 e. The summed E-state index contributed by atoms with van der Waals surface area (Å²) in [6.45, 7) is 3.64. The third kappa shape index (κ3) is 3.06. The molecule has 2 N–H and O–H groups in total. The van der Waals surface area contributed by atoms with Crippen molar-refractivity contribution in [2.75, 3.05) is 20.3 Å². The number of ether oxygens (including phenoxy) is 1. The average Bonchev–Trinajstić information content (AvgIpc) is 2.39. The van der Waals surface area contributed by atoms with Crippen LogP contribution in [0, 0.1) is 12.8 Å². The molecular weight excluding hydrogens is 226 g/mol. The molecule has 0 bridgehead atoms. The lowest BCUT2D eigenvalue weighted by Crippen LogP contribution is -2.24. The molecule has 1 aromatic heterocycles. The zero-order chi connectivity index (χ0) is 13.0. The first kappa shape index (κ1) is 13.4. The fourth-order valence-corrected chi connectivity index (χ4v) is 2.61. The summed E-state index contributed by atoms with van der Waals surface area (Å²) in [5.41, 5.74) is 9.50. The Morgan fingerprint density at radius 2 is 2.22 bits per heavy atom. The maximum atomic E-state index is 5.77. The highest BCUT2D eigenvalue weighted by Gasteiger charge is 2.21. The molecule has 100 valence electrons. The number of nitrogens with zero attached hydrogens (tertiary/aromatic N) is 2. The monoisotopic (exact) mass is 249 g/mol. The summed E-state index contributed by atoms with van der Waals surface area (Å²) in [6, 6.07) is 0. The molecule has 1 aromatic rings. The smallest absolute Gasteiger partial charge is 0.128 e. The van der Waals surface area contributed by atoms with E-state index in [1.807, 2.05) is 0 Å². The second kappa shape index (κ2) is 6.25. The van der Waals surface area contributed by atoms with Gasteiger partial charge < -0.3 is 10.5 Å². The maximum Gasteiger partial charge on any atom is 0.128 e. The highest BCUT2D eigenvalue weighted by atomic mass is 16.5. The zero-order valence-corrected chi connectivity index (χ0v) is 11.4. The van der Waals surface area contributed by atoms with Gasteiger partial charge in [-0.2, -0.15) is 0 Å². The van der Waals surface area contributed by atoms with Crippen molar-refractivity contribution in [3.05, 3.63) is 22.8 Å². The summed E-state index contributed by atoms with van der Waals surface area (Å²) in [6.07, 6.45) is 5.16. The Kier molecular flexibility index (Phi) is 4.66. The van der Waals surface area contributed by atoms with E-state index in [4.69, 9.17) is 15.5 Å². The molecule has 1 aliphatic rings. The molecule has 0 aliphatic heterocycles. The van der Waals surface area contributed by atoms with E-state index >= 15 is 0 Å². The lowest BCUT2D eigenvalue weighted by Gasteiger charge is -2.24. The summed E-state index contributed by atoms with van der Waals surface area (Å²) in [5.74, 6) is 1.58. The number of rotatable bonds is 5. The highest BCUT2D eigenvalue weighted by Crippen LogP contribution is 2.25. The van der Waals surface area contributed by atoms with Crippen molar-refractivity contribution in [3.8, 4) is 0 Å². The van der Waals surface area contributed by atoms with Crippen LogP contribution >= 0.6 is 0 Å². The molecule has 1 aliphatic carbocycles. The molecule has 0 saturated carbocycles. The van der Waals surface area contributed by atoms with Gasteiger partial charge in [0, 0.05) is 31.5 Å². The van der Waals surface area contributed by atoms with Crippen LogP contribution in [0.15, 0.2) is 0 Å². The van der Waals surface area contributed by atoms with Gasteiger partial charge in [-0.15, -0.1) is 0 Å². The second-order valence-corrected chi connectivity index (χ2v) is 5.09. The lowest BCUT2D eigenvalue weighted by molar-refractivity contribution is 0.194. The third-order valence-electron chi connectivity index (χ3n) is 3.71. The number of aryl methyl sites for hydroxylation is 3. The number of hydrogen-bond donors (Lipinski definition) is 1. The van der Waals surface area contributed by atoms with Gasteiger partial charge in [-0.3, -0.25) is 0 Å². The van der Waals surface area contributed by atoms with Crippen LogP contribution in [0.4, 0.5) is 0 Å². The van der Waals surface area contributed by atoms with Gasteiger partial charge in [-0.05, 0) is 50.6 Å². The standard InChI is InChI=1S/C14H23N3O/c1-10-12-8-11(9-15)5-6-13(12)17-14(16-10)4-3-7-18-2/h11H,3-9,15H2,1-2H3. The van der Waals surface area contributed by atoms with Gasteiger partial charge in [0.2, 0.25) is 0 Å². The number of fused-ring (bicyclic) bond motifs is 1. The van der Waals surface area contributed by atoms with Crippen LogP contribution < -0.4 is 5.73 Å². The summed E-state index contributed by atoms with van der Waals surface area (Å²) < 4.78 is 5.07. The summed E-state index contributed by atoms with van der Waals surface area (Å²) in [5, 5.41) is 0. The molecule has 1 atom stereocenters. The van der Waals surface area contributed by atoms with Crippen LogP contribution in [0.25, 0.3) is 0 Å². The molecule has 0 amide bonds. The minimum atomic E-state index is 0.610. The first-order chi connectivity index (χ1) is 8.74. The molecule has 4 nitrogen and oxygen atoms in total. The molecule has 0 radical (unpaired) electrons. The SMILES string of the molecule is COCCCc1nc(C)c2c(n1)CCC(CN)C2. The Bertz CT molecular complexity index is 406. The Morgan fingerprint density at radius 3 is 2.94 bits per heavy atom. The van der Waals surface area contributed by atoms with E-state index in [0.717, 1.165) is 56.8 Å². The van der Waals surface area contributed by atoms with E-state index in [2.05, 4.69) is 11.9 Å². The third-order valence-corrected chi connectivity index (χ3v) is 3.71. The van der Waals surface area contributed by atoms with Crippen molar-refractivity contribution in [2.24, 2.45) is 11.7 Å². The molecular formula is C14H23N3O. The molecule has 1 heterocycles. The van der Waals surface area contributed by atoms with Gasteiger partial charge in [0.1, 0.15) is 5.82 Å². The van der Waals surface area contributed by atoms with Gasteiger partial charge in [0.05, 0.1) is 0 Å². The summed E-state index contributed by atoms with van der Waals surface area (Å²) >= 11 is 0. The van der Waals surface area contributed by atoms with Crippen LogP contribution in [0.2, 0.25) is 0 Å². The number of aromatic nitrogens is 2. The average molecular weight is 249 g/mol. The van der Waals surface area contributed by atoms with E-state index in [9.17, 15) is 0 Å². The van der Waals surface area contributed by atoms with Crippen molar-refractivity contribution >= 4 is 0 Å². The molecule has 0 aromatic carbocycles. The van der Waals surface area contributed by atoms with Crippen LogP contribution in [-0.4, -0.2) is 30.2 Å². The Labute approximate surface area is 109 Å². The quantitative estimate of drug-likeness (QED) is 0.802. The predicted molar refractivity (Wildman–Crippen MR) is 71.5 cm³/mol. The normalized spacial score (nSPS) is 18.7. The Balaban J connectivity index is 2.11. The van der Waals surface area contributed by atoms with Gasteiger partial charge in [-0.1, -0.05) is 0 Å². The van der Waals surface area contributed by atoms with Crippen LogP contribution in [0.1, 0.15) is 35.6 Å². The van der Waals surface area contributed by atoms with Crippen molar-refractivity contribution in [3.63, 3.8) is 0 Å². The molecule has 0 fully saturated rings. The van der Waals surface area contributed by atoms with Crippen LogP contribution in [0.5, 0.6) is 0 Å². The van der Waals surface area contributed by atoms with Gasteiger partial charge >= 0.3 is 0 Å². The fraction of sp³-hybridized carbons (Fsp3) is 0.714. The largest absolute Gasteiger partial charge is 0.385 e. The van der Waals surface area contributed by atoms with E-state index < -0.39 is 0 Å². The van der Waals surface area contributed by atoms with E-state index in [1.54, 1.807) is 7.11 Å². The molecule has 2 rings (SSSR count). The molecule has 0 saturated heterocycles. The second-order valence-electron chi connectivity index (χ2n) is 5.09. The molecule has 0 spiro atoms. The lowest BCUT2D eigenvalue weighted by atomic mass is 9.86. The topological polar surface area (TPSA) is 61.0 Å². The first-order valence-electron chi connectivity index (χ1n) is 6.79. The van der Waals surface area contributed by atoms with Crippen LogP contribution in [-0.2, 0) is 24.0 Å². The van der Waals surface area contributed by atoms with Crippen molar-refractivity contribution in [1.82, 2.24) is 9.97 Å². The highest BCUT2D eigenvalue weighted by molar-refractivity contribution is 5.28. The van der Waals surface area contributed by atoms with Gasteiger partial charge in [0.25, 0.3) is 0 Å². The molecule has 1 unspecified atom stereocenters. The Morgan fingerprint density at radius 1 is 1.39 bits per heavy atom. The van der Waals surface area contributed by atoms with Crippen molar-refractivity contribution in [1.29, 1.82) is 0 Å². The summed E-state index contributed by atoms with van der Waals surface area (Å²) in [4.78, 5) is 9.33. The van der Waals surface area contributed by atoms with E-state index in [-0.39, 0.29) is 0 Å². The zero-order valence-electron chi connectivity index (χ0n) is 11.4. The first-order valence-corrected chi connectivity index (χ1v) is 6.79. The van der Waals surface area contributed by atoms with Crippen LogP contribution in [0.3, 0.4) is 0 Å². The van der Waals surface area contributed by atoms with Crippen molar-refractivity contribution < 1.29 is 4.74 Å². The minimum absolute atomic E-state index is 0.610. The van der Waals surface area contributed by atoms with E-state index in [1.165, 1.54) is 11.3 Å². The molecule has 4 heteroatoms. The number of methoxy groups -OCH3 is 1. The maximum absolute atomic E-state index is 5.77. The van der Waals surface area contributed by atoms with Gasteiger partial charge in [0.15, 0.2) is 0 Å². The number of hydrogen-bond acceptors (Lipinski definition) is 4. The Hall–Kier alpha value is -1.00. The van der Waals surface area contributed by atoms with Gasteiger partial charge in [-0.25, -0.2) is 9.97 Å².